The van der Waals surface area contributed by atoms with Gasteiger partial charge in [0.15, 0.2) is 6.10 Å². The summed E-state index contributed by atoms with van der Waals surface area (Å²) in [6, 6.07) is 13.3. The number of alkyl halides is 2. The number of tetrazole rings is 1. The highest BCUT2D eigenvalue weighted by molar-refractivity contribution is 5.98. The maximum Gasteiger partial charge on any atom is 0.265 e. The van der Waals surface area contributed by atoms with Gasteiger partial charge in [-0.3, -0.25) is 4.79 Å². The average molecular weight is 458 g/mol. The van der Waals surface area contributed by atoms with Crippen molar-refractivity contribution in [3.05, 3.63) is 60.4 Å². The number of H-pyrrole nitrogens is 1. The van der Waals surface area contributed by atoms with E-state index in [-0.39, 0.29) is 23.9 Å². The lowest BCUT2D eigenvalue weighted by atomic mass is 10.1. The van der Waals surface area contributed by atoms with Gasteiger partial charge in [-0.2, -0.15) is 5.21 Å². The first kappa shape index (κ1) is 22.3. The zero-order valence-electron chi connectivity index (χ0n) is 17.4. The number of ether oxygens (including phenoxy) is 1. The van der Waals surface area contributed by atoms with E-state index in [1.54, 1.807) is 54.6 Å². The van der Waals surface area contributed by atoms with Crippen molar-refractivity contribution in [2.75, 3.05) is 23.3 Å². The number of nitrogens with zero attached hydrogens (tertiary/aromatic N) is 4. The van der Waals surface area contributed by atoms with Crippen LogP contribution in [-0.2, 0) is 4.79 Å². The molecule has 1 atom stereocenters. The van der Waals surface area contributed by atoms with Gasteiger partial charge in [0.05, 0.1) is 18.7 Å². The molecule has 1 amide bonds. The quantitative estimate of drug-likeness (QED) is 0.530. The number of hydrogen-bond acceptors (Lipinski definition) is 6. The minimum absolute atomic E-state index is 0.124. The van der Waals surface area contributed by atoms with Crippen LogP contribution in [0.3, 0.4) is 0 Å². The van der Waals surface area contributed by atoms with Gasteiger partial charge in [-0.15, -0.1) is 10.2 Å². The van der Waals surface area contributed by atoms with Crippen LogP contribution in [0.5, 0.6) is 5.75 Å². The molecule has 0 saturated carbocycles. The fourth-order valence-corrected chi connectivity index (χ4v) is 3.47. The monoisotopic (exact) mass is 458 g/mol. The number of anilines is 2. The molecule has 2 N–H and O–H groups in total. The Morgan fingerprint density at radius 1 is 1.21 bits per heavy atom. The van der Waals surface area contributed by atoms with Crippen molar-refractivity contribution in [1.29, 1.82) is 0 Å². The Hall–Kier alpha value is -3.89. The summed E-state index contributed by atoms with van der Waals surface area (Å²) in [5.74, 6) is -0.488. The highest BCUT2D eigenvalue weighted by Crippen LogP contribution is 2.32. The number of para-hydroxylation sites is 1. The maximum absolute atomic E-state index is 13.8. The van der Waals surface area contributed by atoms with E-state index in [4.69, 9.17) is 4.74 Å². The number of aromatic nitrogens is 4. The standard InChI is InChI=1S/C22H21F3N6O2/c23-14-5-4-10-31(13-14)15-8-9-18(17(11-15)21-27-29-30-28-21)26-22(32)19(12-20(24)25)33-16-6-2-1-3-7-16/h1-3,5-9,11,19-20H,4,10,12-13H2,(H,26,32)(H,27,28,29,30)/t19-/m0/s1. The number of nitrogens with one attached hydrogen (secondary N) is 2. The summed E-state index contributed by atoms with van der Waals surface area (Å²) < 4.78 is 45.6. The average Bonchev–Trinajstić information content (AvgIpc) is 3.34. The summed E-state index contributed by atoms with van der Waals surface area (Å²) in [6.45, 7) is 0.741. The van der Waals surface area contributed by atoms with Gasteiger partial charge in [0, 0.05) is 17.8 Å². The first-order valence-electron chi connectivity index (χ1n) is 10.3. The van der Waals surface area contributed by atoms with E-state index in [2.05, 4.69) is 25.9 Å². The van der Waals surface area contributed by atoms with Crippen LogP contribution < -0.4 is 15.0 Å². The van der Waals surface area contributed by atoms with Crippen molar-refractivity contribution in [2.45, 2.75) is 25.4 Å². The number of carbonyl (C=O) groups is 1. The molecule has 3 aromatic rings. The Bertz CT molecular complexity index is 1110. The first-order chi connectivity index (χ1) is 16.0. The molecule has 1 aliphatic rings. The fourth-order valence-electron chi connectivity index (χ4n) is 3.47. The zero-order chi connectivity index (χ0) is 23.2. The summed E-state index contributed by atoms with van der Waals surface area (Å²) in [7, 11) is 0. The van der Waals surface area contributed by atoms with E-state index in [1.165, 1.54) is 0 Å². The zero-order valence-corrected chi connectivity index (χ0v) is 17.4. The highest BCUT2D eigenvalue weighted by atomic mass is 19.3. The van der Waals surface area contributed by atoms with Crippen LogP contribution >= 0.6 is 0 Å². The predicted octanol–water partition coefficient (Wildman–Crippen LogP) is 3.97. The number of carbonyl (C=O) groups excluding carboxylic acids is 1. The number of aromatic amines is 1. The topological polar surface area (TPSA) is 96.0 Å². The van der Waals surface area contributed by atoms with Crippen LogP contribution in [0.4, 0.5) is 24.5 Å². The van der Waals surface area contributed by atoms with E-state index < -0.39 is 24.9 Å². The fraction of sp³-hybridized carbons (Fsp3) is 0.273. The van der Waals surface area contributed by atoms with Crippen LogP contribution in [0, 0.1) is 0 Å². The molecule has 33 heavy (non-hydrogen) atoms. The van der Waals surface area contributed by atoms with Gasteiger partial charge in [-0.25, -0.2) is 13.2 Å². The Kier molecular flexibility index (Phi) is 6.86. The molecule has 0 spiro atoms. The third-order valence-corrected chi connectivity index (χ3v) is 5.03. The van der Waals surface area contributed by atoms with Crippen molar-refractivity contribution in [1.82, 2.24) is 20.6 Å². The second-order valence-corrected chi connectivity index (χ2v) is 7.36. The lowest BCUT2D eigenvalue weighted by Gasteiger charge is -2.27. The van der Waals surface area contributed by atoms with Crippen molar-refractivity contribution in [3.8, 4) is 17.1 Å². The molecule has 0 fully saturated rings. The predicted molar refractivity (Wildman–Crippen MR) is 116 cm³/mol. The van der Waals surface area contributed by atoms with Gasteiger partial charge >= 0.3 is 0 Å². The van der Waals surface area contributed by atoms with Gasteiger partial charge < -0.3 is 15.0 Å². The van der Waals surface area contributed by atoms with Gasteiger partial charge in [0.1, 0.15) is 11.6 Å². The summed E-state index contributed by atoms with van der Waals surface area (Å²) in [5.41, 5.74) is 1.38. The molecule has 11 heteroatoms. The lowest BCUT2D eigenvalue weighted by Crippen LogP contribution is -2.35. The minimum Gasteiger partial charge on any atom is -0.480 e. The molecule has 0 unspecified atom stereocenters. The van der Waals surface area contributed by atoms with Crippen molar-refractivity contribution in [3.63, 3.8) is 0 Å². The molecule has 2 aromatic carbocycles. The maximum atomic E-state index is 13.8. The second kappa shape index (κ2) is 10.2. The number of benzene rings is 2. The van der Waals surface area contributed by atoms with Gasteiger partial charge in [0.2, 0.25) is 12.2 Å². The molecule has 4 rings (SSSR count). The molecule has 1 aromatic heterocycles. The molecule has 0 aliphatic carbocycles. The molecular formula is C22H21F3N6O2. The lowest BCUT2D eigenvalue weighted by molar-refractivity contribution is -0.124. The third kappa shape index (κ3) is 5.68. The molecule has 8 nitrogen and oxygen atoms in total. The van der Waals surface area contributed by atoms with Gasteiger partial charge in [-0.05, 0) is 48.0 Å². The third-order valence-electron chi connectivity index (χ3n) is 5.03. The Morgan fingerprint density at radius 2 is 2.03 bits per heavy atom. The summed E-state index contributed by atoms with van der Waals surface area (Å²) in [4.78, 5) is 14.7. The number of rotatable bonds is 8. The van der Waals surface area contributed by atoms with Crippen LogP contribution in [0.25, 0.3) is 11.4 Å². The van der Waals surface area contributed by atoms with Crippen LogP contribution in [0.15, 0.2) is 60.4 Å². The number of hydrogen-bond donors (Lipinski definition) is 2. The Morgan fingerprint density at radius 3 is 2.73 bits per heavy atom. The van der Waals surface area contributed by atoms with E-state index in [0.717, 1.165) is 0 Å². The van der Waals surface area contributed by atoms with Crippen molar-refractivity contribution < 1.29 is 22.7 Å². The SMILES string of the molecule is O=C(Nc1ccc(N2CCC=C(F)C2)cc1-c1nn[nH]n1)[C@H](CC(F)F)Oc1ccccc1. The van der Waals surface area contributed by atoms with Crippen molar-refractivity contribution >= 4 is 17.3 Å². The Labute approximate surface area is 187 Å². The van der Waals surface area contributed by atoms with Crippen LogP contribution in [0.2, 0.25) is 0 Å². The van der Waals surface area contributed by atoms with Crippen molar-refractivity contribution in [2.24, 2.45) is 0 Å². The normalized spacial score (nSPS) is 14.7. The van der Waals surface area contributed by atoms with E-state index in [1.807, 2.05) is 4.90 Å². The molecule has 0 radical (unpaired) electrons. The van der Waals surface area contributed by atoms with Crippen LogP contribution in [0.1, 0.15) is 12.8 Å². The second-order valence-electron chi connectivity index (χ2n) is 7.36. The number of amides is 1. The summed E-state index contributed by atoms with van der Waals surface area (Å²) >= 11 is 0. The molecule has 0 saturated heterocycles. The summed E-state index contributed by atoms with van der Waals surface area (Å²) in [6.07, 6.45) is -2.85. The van der Waals surface area contributed by atoms with E-state index >= 15 is 0 Å². The van der Waals surface area contributed by atoms with E-state index in [0.29, 0.717) is 30.0 Å². The smallest absolute Gasteiger partial charge is 0.265 e. The number of halogens is 3. The Balaban J connectivity index is 1.60. The molecular weight excluding hydrogens is 437 g/mol. The van der Waals surface area contributed by atoms with Gasteiger partial charge in [0.25, 0.3) is 5.91 Å². The van der Waals surface area contributed by atoms with Gasteiger partial charge in [-0.1, -0.05) is 18.2 Å². The van der Waals surface area contributed by atoms with Crippen LogP contribution in [-0.4, -0.2) is 52.2 Å². The summed E-state index contributed by atoms with van der Waals surface area (Å²) in [5, 5.41) is 16.5. The minimum atomic E-state index is -2.74. The molecule has 172 valence electrons. The molecule has 2 heterocycles. The molecule has 0 bridgehead atoms. The molecule has 1 aliphatic heterocycles. The van der Waals surface area contributed by atoms with E-state index in [9.17, 15) is 18.0 Å². The largest absolute Gasteiger partial charge is 0.480 e. The first-order valence-corrected chi connectivity index (χ1v) is 10.3. The highest BCUT2D eigenvalue weighted by Gasteiger charge is 2.26.